The lowest BCUT2D eigenvalue weighted by Gasteiger charge is -2.08. The first-order valence-corrected chi connectivity index (χ1v) is 9.73. The van der Waals surface area contributed by atoms with Crippen molar-refractivity contribution in [3.8, 4) is 0 Å². The first-order valence-electron chi connectivity index (χ1n) is 8.53. The number of anilines is 1. The summed E-state index contributed by atoms with van der Waals surface area (Å²) in [5.41, 5.74) is 1.63. The highest BCUT2D eigenvalue weighted by atomic mass is 35.5. The molecule has 0 atom stereocenters. The van der Waals surface area contributed by atoms with Gasteiger partial charge in [-0.25, -0.2) is 9.59 Å². The van der Waals surface area contributed by atoms with Crippen LogP contribution in [0.5, 0.6) is 0 Å². The topological polar surface area (TPSA) is 81.7 Å². The molecule has 0 fully saturated rings. The molecule has 27 heavy (non-hydrogen) atoms. The maximum atomic E-state index is 12.3. The summed E-state index contributed by atoms with van der Waals surface area (Å²) < 4.78 is 10.1. The van der Waals surface area contributed by atoms with Gasteiger partial charge in [0.05, 0.1) is 17.7 Å². The highest BCUT2D eigenvalue weighted by molar-refractivity contribution is 7.17. The van der Waals surface area contributed by atoms with Gasteiger partial charge in [-0.1, -0.05) is 17.7 Å². The van der Waals surface area contributed by atoms with Crippen molar-refractivity contribution in [2.75, 3.05) is 18.5 Å². The number of hydrogen-bond donors (Lipinski definition) is 1. The van der Waals surface area contributed by atoms with Crippen LogP contribution in [0, 0.1) is 0 Å². The molecule has 0 aliphatic heterocycles. The van der Waals surface area contributed by atoms with E-state index in [1.807, 2.05) is 0 Å². The van der Waals surface area contributed by atoms with Crippen LogP contribution < -0.4 is 5.32 Å². The predicted octanol–water partition coefficient (Wildman–Crippen LogP) is 3.86. The average molecular weight is 408 g/mol. The number of halogens is 1. The van der Waals surface area contributed by atoms with Gasteiger partial charge < -0.3 is 14.8 Å². The number of aryl methyl sites for hydroxylation is 1. The van der Waals surface area contributed by atoms with Crippen molar-refractivity contribution in [1.82, 2.24) is 0 Å². The standard InChI is InChI=1S/C19H18ClNO5S/c1-2-25-19(24)16-13-7-4-8-14(13)27-17(16)21-15(22)10-26-18(23)11-5-3-6-12(20)9-11/h3,5-6,9H,2,4,7-8,10H2,1H3,(H,21,22). The van der Waals surface area contributed by atoms with Gasteiger partial charge in [-0.05, 0) is 49.9 Å². The van der Waals surface area contributed by atoms with Gasteiger partial charge in [0.2, 0.25) is 0 Å². The average Bonchev–Trinajstić information content (AvgIpc) is 3.20. The SMILES string of the molecule is CCOC(=O)c1c(NC(=O)COC(=O)c2cccc(Cl)c2)sc2c1CCC2. The third kappa shape index (κ3) is 4.48. The van der Waals surface area contributed by atoms with Crippen LogP contribution in [-0.4, -0.2) is 31.1 Å². The van der Waals surface area contributed by atoms with Crippen LogP contribution in [0.25, 0.3) is 0 Å². The number of carbonyl (C=O) groups excluding carboxylic acids is 3. The minimum atomic E-state index is -0.646. The van der Waals surface area contributed by atoms with E-state index < -0.39 is 24.5 Å². The summed E-state index contributed by atoms with van der Waals surface area (Å²) in [6, 6.07) is 6.27. The summed E-state index contributed by atoms with van der Waals surface area (Å²) >= 11 is 7.21. The fourth-order valence-electron chi connectivity index (χ4n) is 2.90. The predicted molar refractivity (Wildman–Crippen MR) is 103 cm³/mol. The molecule has 1 amide bonds. The molecular formula is C19H18ClNO5S. The van der Waals surface area contributed by atoms with Crippen molar-refractivity contribution in [1.29, 1.82) is 0 Å². The highest BCUT2D eigenvalue weighted by Crippen LogP contribution is 2.39. The molecule has 1 aliphatic rings. The van der Waals surface area contributed by atoms with E-state index in [1.54, 1.807) is 25.1 Å². The van der Waals surface area contributed by atoms with E-state index in [0.29, 0.717) is 15.6 Å². The van der Waals surface area contributed by atoms with Crippen LogP contribution >= 0.6 is 22.9 Å². The Balaban J connectivity index is 1.66. The van der Waals surface area contributed by atoms with Gasteiger partial charge in [-0.15, -0.1) is 11.3 Å². The van der Waals surface area contributed by atoms with E-state index in [9.17, 15) is 14.4 Å². The fourth-order valence-corrected chi connectivity index (χ4v) is 4.39. The number of ether oxygens (including phenoxy) is 2. The van der Waals surface area contributed by atoms with Crippen LogP contribution in [0.4, 0.5) is 5.00 Å². The molecule has 0 unspecified atom stereocenters. The van der Waals surface area contributed by atoms with Gasteiger partial charge in [0, 0.05) is 9.90 Å². The lowest BCUT2D eigenvalue weighted by atomic mass is 10.1. The molecule has 142 valence electrons. The number of carbonyl (C=O) groups is 3. The minimum absolute atomic E-state index is 0.258. The molecule has 0 bridgehead atoms. The van der Waals surface area contributed by atoms with Gasteiger partial charge >= 0.3 is 11.9 Å². The Labute approximate surface area is 165 Å². The quantitative estimate of drug-likeness (QED) is 0.735. The van der Waals surface area contributed by atoms with Crippen molar-refractivity contribution in [3.05, 3.63) is 50.9 Å². The van der Waals surface area contributed by atoms with E-state index in [0.717, 1.165) is 29.7 Å². The van der Waals surface area contributed by atoms with Gasteiger partial charge in [0.1, 0.15) is 5.00 Å². The second-order valence-corrected chi connectivity index (χ2v) is 7.46. The van der Waals surface area contributed by atoms with E-state index in [2.05, 4.69) is 5.32 Å². The third-order valence-electron chi connectivity index (χ3n) is 4.05. The third-order valence-corrected chi connectivity index (χ3v) is 5.49. The van der Waals surface area contributed by atoms with Gasteiger partial charge in [0.25, 0.3) is 5.91 Å². The van der Waals surface area contributed by atoms with E-state index >= 15 is 0 Å². The second kappa shape index (κ2) is 8.54. The first kappa shape index (κ1) is 19.4. The normalized spacial score (nSPS) is 12.4. The molecule has 8 heteroatoms. The Kier molecular flexibility index (Phi) is 6.13. The fraction of sp³-hybridized carbons (Fsp3) is 0.316. The summed E-state index contributed by atoms with van der Waals surface area (Å²) in [6.07, 6.45) is 2.66. The van der Waals surface area contributed by atoms with Crippen molar-refractivity contribution in [3.63, 3.8) is 0 Å². The van der Waals surface area contributed by atoms with Gasteiger partial charge in [-0.3, -0.25) is 4.79 Å². The van der Waals surface area contributed by atoms with E-state index in [-0.39, 0.29) is 12.2 Å². The highest BCUT2D eigenvalue weighted by Gasteiger charge is 2.28. The van der Waals surface area contributed by atoms with Crippen molar-refractivity contribution >= 4 is 45.8 Å². The number of fused-ring (bicyclic) bond motifs is 1. The zero-order valence-corrected chi connectivity index (χ0v) is 16.2. The smallest absolute Gasteiger partial charge is 0.341 e. The Morgan fingerprint density at radius 2 is 2.00 bits per heavy atom. The molecule has 1 N–H and O–H groups in total. The van der Waals surface area contributed by atoms with Crippen molar-refractivity contribution < 1.29 is 23.9 Å². The van der Waals surface area contributed by atoms with Gasteiger partial charge in [-0.2, -0.15) is 0 Å². The zero-order chi connectivity index (χ0) is 19.4. The number of rotatable bonds is 6. The molecule has 2 aromatic rings. The van der Waals surface area contributed by atoms with Crippen LogP contribution in [0.1, 0.15) is 44.5 Å². The molecule has 0 saturated heterocycles. The van der Waals surface area contributed by atoms with Crippen molar-refractivity contribution in [2.45, 2.75) is 26.2 Å². The maximum Gasteiger partial charge on any atom is 0.341 e. The lowest BCUT2D eigenvalue weighted by molar-refractivity contribution is -0.119. The lowest BCUT2D eigenvalue weighted by Crippen LogP contribution is -2.22. The number of amides is 1. The Morgan fingerprint density at radius 3 is 2.74 bits per heavy atom. The molecule has 6 nitrogen and oxygen atoms in total. The van der Waals surface area contributed by atoms with Crippen molar-refractivity contribution in [2.24, 2.45) is 0 Å². The van der Waals surface area contributed by atoms with E-state index in [1.165, 1.54) is 17.4 Å². The number of hydrogen-bond acceptors (Lipinski definition) is 6. The Bertz CT molecular complexity index is 892. The molecule has 0 saturated carbocycles. The molecule has 0 radical (unpaired) electrons. The Morgan fingerprint density at radius 1 is 1.19 bits per heavy atom. The number of esters is 2. The number of thiophene rings is 1. The van der Waals surface area contributed by atoms with Crippen LogP contribution in [-0.2, 0) is 27.1 Å². The molecule has 1 aromatic heterocycles. The van der Waals surface area contributed by atoms with Crippen LogP contribution in [0.3, 0.4) is 0 Å². The monoisotopic (exact) mass is 407 g/mol. The first-order chi connectivity index (χ1) is 13.0. The number of nitrogens with one attached hydrogen (secondary N) is 1. The summed E-state index contributed by atoms with van der Waals surface area (Å²) in [4.78, 5) is 37.6. The molecule has 3 rings (SSSR count). The maximum absolute atomic E-state index is 12.3. The second-order valence-electron chi connectivity index (χ2n) is 5.92. The Hall–Kier alpha value is -2.38. The van der Waals surface area contributed by atoms with Crippen LogP contribution in [0.15, 0.2) is 24.3 Å². The summed E-state index contributed by atoms with van der Waals surface area (Å²) in [5.74, 6) is -1.61. The molecule has 0 spiro atoms. The molecule has 1 heterocycles. The zero-order valence-electron chi connectivity index (χ0n) is 14.7. The van der Waals surface area contributed by atoms with E-state index in [4.69, 9.17) is 21.1 Å². The summed E-state index contributed by atoms with van der Waals surface area (Å²) in [5, 5.41) is 3.52. The molecule has 1 aromatic carbocycles. The summed E-state index contributed by atoms with van der Waals surface area (Å²) in [6.45, 7) is 1.53. The largest absolute Gasteiger partial charge is 0.462 e. The number of benzene rings is 1. The summed E-state index contributed by atoms with van der Waals surface area (Å²) in [7, 11) is 0. The minimum Gasteiger partial charge on any atom is -0.462 e. The molecule has 1 aliphatic carbocycles. The van der Waals surface area contributed by atoms with Gasteiger partial charge in [0.15, 0.2) is 6.61 Å². The molecular weight excluding hydrogens is 390 g/mol. The van der Waals surface area contributed by atoms with Crippen LogP contribution in [0.2, 0.25) is 5.02 Å².